The van der Waals surface area contributed by atoms with Gasteiger partial charge >= 0.3 is 0 Å². The maximum absolute atomic E-state index is 4.71. The van der Waals surface area contributed by atoms with Gasteiger partial charge in [-0.15, -0.1) is 0 Å². The maximum Gasteiger partial charge on any atom is 0.144 e. The molecule has 33 heavy (non-hydrogen) atoms. The van der Waals surface area contributed by atoms with Crippen LogP contribution >= 0.6 is 0 Å². The van der Waals surface area contributed by atoms with Crippen molar-refractivity contribution >= 4 is 0 Å². The van der Waals surface area contributed by atoms with Crippen molar-refractivity contribution in [3.63, 3.8) is 0 Å². The van der Waals surface area contributed by atoms with Crippen LogP contribution < -0.4 is 0 Å². The summed E-state index contributed by atoms with van der Waals surface area (Å²) in [5, 5.41) is 0. The van der Waals surface area contributed by atoms with E-state index in [1.54, 1.807) is 0 Å². The standard InChI is InChI=1S/C27H28N2.C4H10/c1-19(2)24-17-23(21-11-7-5-8-12-21)18-25(20(3)4)26(24)29-16-15-28-27(29)22-13-9-6-10-14-22;1-4(2)3/h5-20H,1-4H3;4H,1-3H3. The van der Waals surface area contributed by atoms with Crippen LogP contribution in [0.2, 0.25) is 0 Å². The lowest BCUT2D eigenvalue weighted by molar-refractivity contribution is 0.737. The van der Waals surface area contributed by atoms with Gasteiger partial charge in [0.25, 0.3) is 0 Å². The minimum Gasteiger partial charge on any atom is -0.299 e. The number of benzene rings is 3. The largest absolute Gasteiger partial charge is 0.299 e. The van der Waals surface area contributed by atoms with Crippen molar-refractivity contribution in [3.8, 4) is 28.2 Å². The predicted octanol–water partition coefficient (Wildman–Crippen LogP) is 9.12. The Morgan fingerprint density at radius 3 is 1.52 bits per heavy atom. The van der Waals surface area contributed by atoms with Crippen molar-refractivity contribution in [2.24, 2.45) is 5.92 Å². The molecule has 1 aromatic heterocycles. The van der Waals surface area contributed by atoms with Gasteiger partial charge in [0.15, 0.2) is 0 Å². The molecule has 4 rings (SSSR count). The highest BCUT2D eigenvalue weighted by Gasteiger charge is 2.20. The normalized spacial score (nSPS) is 11.1. The van der Waals surface area contributed by atoms with Crippen molar-refractivity contribution in [2.75, 3.05) is 0 Å². The Hall–Kier alpha value is -3.13. The molecule has 0 saturated heterocycles. The van der Waals surface area contributed by atoms with Gasteiger partial charge in [-0.2, -0.15) is 0 Å². The zero-order chi connectivity index (χ0) is 24.0. The van der Waals surface area contributed by atoms with Crippen molar-refractivity contribution < 1.29 is 0 Å². The van der Waals surface area contributed by atoms with Crippen molar-refractivity contribution in [3.05, 3.63) is 96.3 Å². The van der Waals surface area contributed by atoms with Crippen LogP contribution in [0.25, 0.3) is 28.2 Å². The van der Waals surface area contributed by atoms with Gasteiger partial charge < -0.3 is 0 Å². The summed E-state index contributed by atoms with van der Waals surface area (Å²) in [5.41, 5.74) is 7.65. The van der Waals surface area contributed by atoms with Gasteiger partial charge in [-0.05, 0) is 52.1 Å². The van der Waals surface area contributed by atoms with Crippen LogP contribution in [0.5, 0.6) is 0 Å². The molecule has 0 aliphatic rings. The van der Waals surface area contributed by atoms with Crippen LogP contribution in [0.4, 0.5) is 0 Å². The van der Waals surface area contributed by atoms with E-state index in [4.69, 9.17) is 4.98 Å². The highest BCUT2D eigenvalue weighted by molar-refractivity contribution is 5.71. The first-order chi connectivity index (χ1) is 15.8. The van der Waals surface area contributed by atoms with E-state index in [0.717, 1.165) is 17.3 Å². The Balaban J connectivity index is 0.000000709. The molecule has 0 amide bonds. The van der Waals surface area contributed by atoms with Crippen LogP contribution in [0.1, 0.15) is 71.4 Å². The van der Waals surface area contributed by atoms with E-state index in [1.165, 1.54) is 27.9 Å². The Labute approximate surface area is 200 Å². The summed E-state index contributed by atoms with van der Waals surface area (Å²) in [6.45, 7) is 15.6. The minimum absolute atomic E-state index is 0.400. The lowest BCUT2D eigenvalue weighted by Gasteiger charge is -2.23. The molecule has 1 heterocycles. The first kappa shape index (κ1) is 24.5. The van der Waals surface area contributed by atoms with Crippen LogP contribution in [0, 0.1) is 5.92 Å². The third kappa shape index (κ3) is 6.01. The van der Waals surface area contributed by atoms with Gasteiger partial charge in [0.1, 0.15) is 5.82 Å². The van der Waals surface area contributed by atoms with Gasteiger partial charge in [-0.25, -0.2) is 4.98 Å². The van der Waals surface area contributed by atoms with Crippen molar-refractivity contribution in [1.29, 1.82) is 0 Å². The monoisotopic (exact) mass is 438 g/mol. The molecule has 0 unspecified atom stereocenters. The first-order valence-corrected chi connectivity index (χ1v) is 12.1. The van der Waals surface area contributed by atoms with E-state index in [9.17, 15) is 0 Å². The number of aromatic nitrogens is 2. The molecule has 2 nitrogen and oxygen atoms in total. The molecule has 0 bridgehead atoms. The third-order valence-corrected chi connectivity index (χ3v) is 5.43. The minimum atomic E-state index is 0.400. The molecule has 0 saturated carbocycles. The molecule has 0 aliphatic heterocycles. The summed E-state index contributed by atoms with van der Waals surface area (Å²) in [7, 11) is 0. The number of hydrogen-bond donors (Lipinski definition) is 0. The van der Waals surface area contributed by atoms with Gasteiger partial charge in [0.2, 0.25) is 0 Å². The zero-order valence-electron chi connectivity index (χ0n) is 21.2. The van der Waals surface area contributed by atoms with Gasteiger partial charge in [0.05, 0.1) is 5.69 Å². The third-order valence-electron chi connectivity index (χ3n) is 5.43. The molecule has 0 atom stereocenters. The summed E-state index contributed by atoms with van der Waals surface area (Å²) >= 11 is 0. The maximum atomic E-state index is 4.71. The molecule has 4 aromatic rings. The second-order valence-corrected chi connectivity index (χ2v) is 9.90. The molecule has 2 heteroatoms. The van der Waals surface area contributed by atoms with Gasteiger partial charge in [-0.1, -0.05) is 109 Å². The summed E-state index contributed by atoms with van der Waals surface area (Å²) in [4.78, 5) is 4.71. The van der Waals surface area contributed by atoms with E-state index in [2.05, 4.69) is 126 Å². The van der Waals surface area contributed by atoms with Crippen molar-refractivity contribution in [2.45, 2.75) is 60.3 Å². The summed E-state index contributed by atoms with van der Waals surface area (Å²) in [6.07, 6.45) is 4.00. The summed E-state index contributed by atoms with van der Waals surface area (Å²) < 4.78 is 2.27. The first-order valence-electron chi connectivity index (χ1n) is 12.1. The topological polar surface area (TPSA) is 17.8 Å². The second kappa shape index (κ2) is 11.1. The van der Waals surface area contributed by atoms with E-state index in [1.807, 2.05) is 12.3 Å². The number of rotatable bonds is 5. The van der Waals surface area contributed by atoms with E-state index >= 15 is 0 Å². The van der Waals surface area contributed by atoms with Crippen LogP contribution in [-0.4, -0.2) is 9.55 Å². The molecule has 3 aromatic carbocycles. The summed E-state index contributed by atoms with van der Waals surface area (Å²) in [5.74, 6) is 2.62. The molecule has 0 aliphatic carbocycles. The molecule has 0 N–H and O–H groups in total. The Kier molecular flexibility index (Phi) is 8.27. The van der Waals surface area contributed by atoms with Crippen LogP contribution in [0.3, 0.4) is 0 Å². The summed E-state index contributed by atoms with van der Waals surface area (Å²) in [6, 6.07) is 25.8. The second-order valence-electron chi connectivity index (χ2n) is 9.90. The van der Waals surface area contributed by atoms with E-state index in [0.29, 0.717) is 11.8 Å². The highest BCUT2D eigenvalue weighted by atomic mass is 15.1. The van der Waals surface area contributed by atoms with Crippen LogP contribution in [-0.2, 0) is 0 Å². The molecule has 0 radical (unpaired) electrons. The van der Waals surface area contributed by atoms with Gasteiger partial charge in [-0.3, -0.25) is 4.57 Å². The Morgan fingerprint density at radius 2 is 1.06 bits per heavy atom. The SMILES string of the molecule is CC(C)C.CC(C)c1cc(-c2ccccc2)cc(C(C)C)c1-n1ccnc1-c1ccccc1. The fraction of sp³-hybridized carbons (Fsp3) is 0.323. The van der Waals surface area contributed by atoms with Gasteiger partial charge in [0, 0.05) is 18.0 Å². The smallest absolute Gasteiger partial charge is 0.144 e. The highest BCUT2D eigenvalue weighted by Crippen LogP contribution is 2.37. The quantitative estimate of drug-likeness (QED) is 0.304. The fourth-order valence-corrected chi connectivity index (χ4v) is 3.92. The lowest BCUT2D eigenvalue weighted by Crippen LogP contribution is -2.08. The zero-order valence-corrected chi connectivity index (χ0v) is 21.2. The molecule has 172 valence electrons. The number of hydrogen-bond acceptors (Lipinski definition) is 1. The lowest BCUT2D eigenvalue weighted by atomic mass is 9.88. The van der Waals surface area contributed by atoms with E-state index < -0.39 is 0 Å². The average molecular weight is 439 g/mol. The average Bonchev–Trinajstić information content (AvgIpc) is 3.28. The Bertz CT molecular complexity index is 1100. The number of imidazole rings is 1. The predicted molar refractivity (Wildman–Crippen MR) is 143 cm³/mol. The molecular formula is C31H38N2. The Morgan fingerprint density at radius 1 is 0.606 bits per heavy atom. The van der Waals surface area contributed by atoms with Crippen molar-refractivity contribution in [1.82, 2.24) is 9.55 Å². The molecule has 0 spiro atoms. The van der Waals surface area contributed by atoms with E-state index in [-0.39, 0.29) is 0 Å². The molecule has 0 fully saturated rings. The van der Waals surface area contributed by atoms with Crippen LogP contribution in [0.15, 0.2) is 85.2 Å². The number of nitrogens with zero attached hydrogens (tertiary/aromatic N) is 2. The molecular weight excluding hydrogens is 400 g/mol. The fourth-order valence-electron chi connectivity index (χ4n) is 3.92.